The standard InChI is InChI=1S/C28H34N4O4S/c1-17-9-12-37-22(17)19-7-5-18(6-8-19)14-30-24(34)21-13-20(33)15-32(21)25(35)23(27(2,3)4)31-26(36)28(16-29)10-11-28/h5-9,12,20-21,23,33H,10-11,13-15H2,1-4H3,(H,30,34)(H,31,36)/t20-,21+,23-/m1/s1. The Morgan fingerprint density at radius 1 is 1.22 bits per heavy atom. The first-order valence-corrected chi connectivity index (χ1v) is 13.4. The number of rotatable bonds is 7. The molecule has 3 atom stereocenters. The van der Waals surface area contributed by atoms with Gasteiger partial charge in [-0.3, -0.25) is 14.4 Å². The quantitative estimate of drug-likeness (QED) is 0.516. The van der Waals surface area contributed by atoms with Gasteiger partial charge in [0.15, 0.2) is 0 Å². The second-order valence-corrected chi connectivity index (χ2v) is 12.1. The highest BCUT2D eigenvalue weighted by molar-refractivity contribution is 7.13. The number of benzene rings is 1. The molecule has 0 bridgehead atoms. The molecule has 2 aliphatic rings. The number of aliphatic hydroxyl groups is 1. The molecular formula is C28H34N4O4S. The topological polar surface area (TPSA) is 123 Å². The lowest BCUT2D eigenvalue weighted by atomic mass is 9.85. The Balaban J connectivity index is 1.43. The normalized spacial score (nSPS) is 21.1. The molecule has 8 nitrogen and oxygen atoms in total. The second-order valence-electron chi connectivity index (χ2n) is 11.2. The average Bonchev–Trinajstić information content (AvgIpc) is 3.40. The molecule has 4 rings (SSSR count). The van der Waals surface area contributed by atoms with Crippen molar-refractivity contribution in [3.63, 3.8) is 0 Å². The zero-order valence-corrected chi connectivity index (χ0v) is 22.5. The SMILES string of the molecule is Cc1ccsc1-c1ccc(CNC(=O)[C@@H]2C[C@@H](O)CN2C(=O)[C@@H](NC(=O)C2(C#N)CC2)C(C)(C)C)cc1. The molecule has 9 heteroatoms. The lowest BCUT2D eigenvalue weighted by molar-refractivity contribution is -0.144. The third-order valence-corrected chi connectivity index (χ3v) is 8.26. The molecule has 1 aliphatic carbocycles. The molecular weight excluding hydrogens is 488 g/mol. The number of nitrogens with zero attached hydrogens (tertiary/aromatic N) is 2. The summed E-state index contributed by atoms with van der Waals surface area (Å²) in [6, 6.07) is 10.4. The first-order valence-electron chi connectivity index (χ1n) is 12.6. The third-order valence-electron chi connectivity index (χ3n) is 7.20. The lowest BCUT2D eigenvalue weighted by Gasteiger charge is -2.35. The molecule has 0 unspecified atom stereocenters. The van der Waals surface area contributed by atoms with Gasteiger partial charge in [-0.15, -0.1) is 11.3 Å². The first kappa shape index (κ1) is 26.8. The van der Waals surface area contributed by atoms with Crippen LogP contribution in [0.1, 0.15) is 51.2 Å². The number of hydrogen-bond donors (Lipinski definition) is 3. The fraction of sp³-hybridized carbons (Fsp3) is 0.500. The highest BCUT2D eigenvalue weighted by Gasteiger charge is 2.53. The van der Waals surface area contributed by atoms with Gasteiger partial charge in [-0.25, -0.2) is 0 Å². The fourth-order valence-electron chi connectivity index (χ4n) is 4.65. The van der Waals surface area contributed by atoms with Crippen molar-refractivity contribution in [2.24, 2.45) is 10.8 Å². The molecule has 2 fully saturated rings. The Bertz CT molecular complexity index is 1220. The lowest BCUT2D eigenvalue weighted by Crippen LogP contribution is -2.58. The van der Waals surface area contributed by atoms with E-state index in [0.717, 1.165) is 11.1 Å². The van der Waals surface area contributed by atoms with Gasteiger partial charge in [-0.1, -0.05) is 45.0 Å². The molecule has 1 saturated heterocycles. The van der Waals surface area contributed by atoms with Gasteiger partial charge in [0, 0.05) is 24.4 Å². The van der Waals surface area contributed by atoms with Crippen molar-refractivity contribution in [1.82, 2.24) is 15.5 Å². The van der Waals surface area contributed by atoms with Crippen LogP contribution in [0.2, 0.25) is 0 Å². The summed E-state index contributed by atoms with van der Waals surface area (Å²) in [5, 5.41) is 27.5. The third kappa shape index (κ3) is 5.71. The number of nitrogens with one attached hydrogen (secondary N) is 2. The number of amides is 3. The Kier molecular flexibility index (Phi) is 7.45. The van der Waals surface area contributed by atoms with Crippen LogP contribution in [0.4, 0.5) is 0 Å². The molecule has 2 aromatic rings. The smallest absolute Gasteiger partial charge is 0.246 e. The van der Waals surface area contributed by atoms with Gasteiger partial charge in [-0.05, 0) is 53.3 Å². The van der Waals surface area contributed by atoms with Crippen LogP contribution in [0.5, 0.6) is 0 Å². The summed E-state index contributed by atoms with van der Waals surface area (Å²) < 4.78 is 0. The predicted molar refractivity (Wildman–Crippen MR) is 141 cm³/mol. The van der Waals surface area contributed by atoms with Crippen molar-refractivity contribution < 1.29 is 19.5 Å². The number of hydrogen-bond acceptors (Lipinski definition) is 6. The van der Waals surface area contributed by atoms with E-state index in [1.54, 1.807) is 11.3 Å². The highest BCUT2D eigenvalue weighted by Crippen LogP contribution is 2.45. The van der Waals surface area contributed by atoms with Crippen molar-refractivity contribution in [3.8, 4) is 16.5 Å². The summed E-state index contributed by atoms with van der Waals surface area (Å²) >= 11 is 1.69. The van der Waals surface area contributed by atoms with E-state index in [4.69, 9.17) is 0 Å². The molecule has 3 N–H and O–H groups in total. The van der Waals surface area contributed by atoms with Crippen LogP contribution < -0.4 is 10.6 Å². The maximum absolute atomic E-state index is 13.6. The van der Waals surface area contributed by atoms with Crippen molar-refractivity contribution in [2.75, 3.05) is 6.54 Å². The molecule has 196 valence electrons. The number of likely N-dealkylation sites (tertiary alicyclic amines) is 1. The average molecular weight is 523 g/mol. The van der Waals surface area contributed by atoms with Crippen LogP contribution in [0.25, 0.3) is 10.4 Å². The van der Waals surface area contributed by atoms with E-state index >= 15 is 0 Å². The second kappa shape index (κ2) is 10.3. The van der Waals surface area contributed by atoms with E-state index in [2.05, 4.69) is 35.1 Å². The van der Waals surface area contributed by atoms with Crippen molar-refractivity contribution in [2.45, 2.75) is 71.7 Å². The molecule has 37 heavy (non-hydrogen) atoms. The summed E-state index contributed by atoms with van der Waals surface area (Å²) in [6.07, 6.45) is 0.239. The predicted octanol–water partition coefficient (Wildman–Crippen LogP) is 3.14. The molecule has 1 aromatic carbocycles. The zero-order chi connectivity index (χ0) is 27.0. The van der Waals surface area contributed by atoms with Crippen LogP contribution in [0, 0.1) is 29.1 Å². The van der Waals surface area contributed by atoms with Gasteiger partial charge in [0.1, 0.15) is 17.5 Å². The number of aryl methyl sites for hydroxylation is 1. The fourth-order valence-corrected chi connectivity index (χ4v) is 5.59. The molecule has 0 spiro atoms. The van der Waals surface area contributed by atoms with Crippen molar-refractivity contribution in [3.05, 3.63) is 46.8 Å². The van der Waals surface area contributed by atoms with Crippen LogP contribution in [0.15, 0.2) is 35.7 Å². The van der Waals surface area contributed by atoms with Crippen molar-refractivity contribution >= 4 is 29.1 Å². The van der Waals surface area contributed by atoms with Gasteiger partial charge < -0.3 is 20.6 Å². The number of aliphatic hydroxyl groups excluding tert-OH is 1. The molecule has 1 saturated carbocycles. The van der Waals surface area contributed by atoms with Gasteiger partial charge in [-0.2, -0.15) is 5.26 Å². The van der Waals surface area contributed by atoms with E-state index in [9.17, 15) is 24.8 Å². The van der Waals surface area contributed by atoms with Gasteiger partial charge in [0.05, 0.1) is 12.2 Å². The molecule has 2 heterocycles. The summed E-state index contributed by atoms with van der Waals surface area (Å²) in [7, 11) is 0. The monoisotopic (exact) mass is 522 g/mol. The molecule has 3 amide bonds. The van der Waals surface area contributed by atoms with E-state index in [1.807, 2.05) is 45.0 Å². The highest BCUT2D eigenvalue weighted by atomic mass is 32.1. The number of thiophene rings is 1. The molecule has 0 radical (unpaired) electrons. The Labute approximate surface area is 221 Å². The van der Waals surface area contributed by atoms with Crippen LogP contribution in [-0.2, 0) is 20.9 Å². The Hall–Kier alpha value is -3.22. The molecule has 1 aliphatic heterocycles. The maximum Gasteiger partial charge on any atom is 0.246 e. The van der Waals surface area contributed by atoms with Crippen LogP contribution >= 0.6 is 11.3 Å². The van der Waals surface area contributed by atoms with Gasteiger partial charge >= 0.3 is 0 Å². The summed E-state index contributed by atoms with van der Waals surface area (Å²) in [5.74, 6) is -1.23. The molecule has 1 aromatic heterocycles. The summed E-state index contributed by atoms with van der Waals surface area (Å²) in [4.78, 5) is 42.1. The summed E-state index contributed by atoms with van der Waals surface area (Å²) in [5.41, 5.74) is 1.55. The van der Waals surface area contributed by atoms with Crippen LogP contribution in [0.3, 0.4) is 0 Å². The Morgan fingerprint density at radius 3 is 2.43 bits per heavy atom. The number of carbonyl (C=O) groups excluding carboxylic acids is 3. The maximum atomic E-state index is 13.6. The number of nitriles is 1. The van der Waals surface area contributed by atoms with Gasteiger partial charge in [0.2, 0.25) is 17.7 Å². The Morgan fingerprint density at radius 2 is 1.89 bits per heavy atom. The van der Waals surface area contributed by atoms with E-state index < -0.39 is 40.8 Å². The van der Waals surface area contributed by atoms with Crippen LogP contribution in [-0.4, -0.2) is 52.5 Å². The number of β-amino-alcohol motifs (C(OH)–C–C–N with tert-alkyl or cyclic N) is 1. The van der Waals surface area contributed by atoms with Crippen molar-refractivity contribution in [1.29, 1.82) is 5.26 Å². The number of carbonyl (C=O) groups is 3. The summed E-state index contributed by atoms with van der Waals surface area (Å²) in [6.45, 7) is 7.85. The zero-order valence-electron chi connectivity index (χ0n) is 21.7. The minimum Gasteiger partial charge on any atom is -0.391 e. The minimum atomic E-state index is -1.07. The van der Waals surface area contributed by atoms with E-state index in [-0.39, 0.29) is 18.9 Å². The largest absolute Gasteiger partial charge is 0.391 e. The first-order chi connectivity index (χ1) is 17.4. The van der Waals surface area contributed by atoms with E-state index in [1.165, 1.54) is 15.3 Å². The van der Waals surface area contributed by atoms with E-state index in [0.29, 0.717) is 19.4 Å². The van der Waals surface area contributed by atoms with Gasteiger partial charge in [0.25, 0.3) is 0 Å². The minimum absolute atomic E-state index is 0.0115.